The number of rotatable bonds is 3. The minimum absolute atomic E-state index is 0.0546. The summed E-state index contributed by atoms with van der Waals surface area (Å²) in [5.41, 5.74) is 1.18. The highest BCUT2D eigenvalue weighted by molar-refractivity contribution is 7.86. The van der Waals surface area contributed by atoms with Gasteiger partial charge in [-0.3, -0.25) is 0 Å². The van der Waals surface area contributed by atoms with Gasteiger partial charge >= 0.3 is 0 Å². The van der Waals surface area contributed by atoms with Gasteiger partial charge in [-0.05, 0) is 18.0 Å². The SMILES string of the molecule is CN1CCN(S(=O)(=O)N2CC(c3ccccc3)C(C)(C)C2)CC1. The molecule has 0 radical (unpaired) electrons. The fourth-order valence-electron chi connectivity index (χ4n) is 3.68. The molecule has 2 heterocycles. The van der Waals surface area contributed by atoms with Gasteiger partial charge in [0.2, 0.25) is 0 Å². The molecule has 1 aromatic carbocycles. The number of piperazine rings is 1. The second-order valence-electron chi connectivity index (χ2n) is 7.45. The number of likely N-dealkylation sites (N-methyl/N-ethyl adjacent to an activating group) is 1. The lowest BCUT2D eigenvalue weighted by Crippen LogP contribution is -2.51. The highest BCUT2D eigenvalue weighted by atomic mass is 32.2. The molecule has 0 saturated carbocycles. The summed E-state index contributed by atoms with van der Waals surface area (Å²) in [6, 6.07) is 10.3. The van der Waals surface area contributed by atoms with E-state index in [-0.39, 0.29) is 11.3 Å². The van der Waals surface area contributed by atoms with Gasteiger partial charge in [0.15, 0.2) is 0 Å². The number of hydrogen-bond acceptors (Lipinski definition) is 3. The molecule has 5 nitrogen and oxygen atoms in total. The van der Waals surface area contributed by atoms with Crippen LogP contribution >= 0.6 is 0 Å². The summed E-state index contributed by atoms with van der Waals surface area (Å²) in [7, 11) is -1.32. The van der Waals surface area contributed by atoms with E-state index in [1.54, 1.807) is 8.61 Å². The van der Waals surface area contributed by atoms with Crippen molar-refractivity contribution in [2.45, 2.75) is 19.8 Å². The maximum absolute atomic E-state index is 13.0. The summed E-state index contributed by atoms with van der Waals surface area (Å²) in [4.78, 5) is 2.17. The molecule has 1 unspecified atom stereocenters. The van der Waals surface area contributed by atoms with Crippen LogP contribution in [0.5, 0.6) is 0 Å². The second kappa shape index (κ2) is 6.16. The average Bonchev–Trinajstić information content (AvgIpc) is 2.85. The molecule has 0 aromatic heterocycles. The lowest BCUT2D eigenvalue weighted by molar-refractivity contribution is 0.212. The third-order valence-corrected chi connectivity index (χ3v) is 7.18. The van der Waals surface area contributed by atoms with E-state index in [0.29, 0.717) is 26.2 Å². The molecule has 0 bridgehead atoms. The summed E-state index contributed by atoms with van der Waals surface area (Å²) in [6.07, 6.45) is 0. The number of hydrogen-bond donors (Lipinski definition) is 0. The molecule has 1 aromatic rings. The molecule has 1 atom stereocenters. The molecule has 0 N–H and O–H groups in total. The smallest absolute Gasteiger partial charge is 0.282 e. The fourth-order valence-corrected chi connectivity index (χ4v) is 5.46. The van der Waals surface area contributed by atoms with Gasteiger partial charge in [-0.25, -0.2) is 0 Å². The molecule has 0 aliphatic carbocycles. The third-order valence-electron chi connectivity index (χ3n) is 5.23. The Morgan fingerprint density at radius 2 is 1.61 bits per heavy atom. The molecule has 6 heteroatoms. The zero-order valence-electron chi connectivity index (χ0n) is 14.3. The average molecular weight is 337 g/mol. The fraction of sp³-hybridized carbons (Fsp3) is 0.647. The molecular weight excluding hydrogens is 310 g/mol. The Labute approximate surface area is 140 Å². The van der Waals surface area contributed by atoms with Crippen LogP contribution in [-0.2, 0) is 10.2 Å². The Balaban J connectivity index is 1.79. The van der Waals surface area contributed by atoms with Gasteiger partial charge in [-0.1, -0.05) is 44.2 Å². The first-order valence-corrected chi connectivity index (χ1v) is 9.69. The maximum Gasteiger partial charge on any atom is 0.282 e. The molecule has 128 valence electrons. The van der Waals surface area contributed by atoms with Gasteiger partial charge in [0, 0.05) is 45.2 Å². The molecule has 0 amide bonds. The van der Waals surface area contributed by atoms with Crippen molar-refractivity contribution in [1.82, 2.24) is 13.5 Å². The van der Waals surface area contributed by atoms with Gasteiger partial charge in [0.1, 0.15) is 0 Å². The summed E-state index contributed by atoms with van der Waals surface area (Å²) in [5, 5.41) is 0. The topological polar surface area (TPSA) is 43.9 Å². The van der Waals surface area contributed by atoms with Crippen LogP contribution in [0.4, 0.5) is 0 Å². The molecule has 3 rings (SSSR count). The van der Waals surface area contributed by atoms with Crippen LogP contribution in [0.3, 0.4) is 0 Å². The van der Waals surface area contributed by atoms with Crippen LogP contribution in [0.1, 0.15) is 25.3 Å². The van der Waals surface area contributed by atoms with Gasteiger partial charge in [-0.2, -0.15) is 17.0 Å². The molecule has 0 spiro atoms. The predicted octanol–water partition coefficient (Wildman–Crippen LogP) is 1.60. The first-order valence-electron chi connectivity index (χ1n) is 8.29. The molecule has 2 aliphatic heterocycles. The van der Waals surface area contributed by atoms with Crippen LogP contribution in [0.15, 0.2) is 30.3 Å². The maximum atomic E-state index is 13.0. The minimum atomic E-state index is -3.36. The summed E-state index contributed by atoms with van der Waals surface area (Å²) < 4.78 is 29.3. The highest BCUT2D eigenvalue weighted by Crippen LogP contribution is 2.43. The first-order chi connectivity index (χ1) is 10.8. The second-order valence-corrected chi connectivity index (χ2v) is 9.38. The Hall–Kier alpha value is -0.950. The van der Waals surface area contributed by atoms with Crippen molar-refractivity contribution in [2.24, 2.45) is 5.41 Å². The van der Waals surface area contributed by atoms with Gasteiger partial charge in [0.05, 0.1) is 0 Å². The predicted molar refractivity (Wildman–Crippen MR) is 92.5 cm³/mol. The molecular formula is C17H27N3O2S. The number of benzene rings is 1. The van der Waals surface area contributed by atoms with E-state index in [4.69, 9.17) is 0 Å². The van der Waals surface area contributed by atoms with Gasteiger partial charge < -0.3 is 4.90 Å². The van der Waals surface area contributed by atoms with Gasteiger partial charge in [0.25, 0.3) is 10.2 Å². The van der Waals surface area contributed by atoms with Crippen LogP contribution in [0.2, 0.25) is 0 Å². The minimum Gasteiger partial charge on any atom is -0.304 e. The Morgan fingerprint density at radius 1 is 1.00 bits per heavy atom. The van der Waals surface area contributed by atoms with E-state index in [1.807, 2.05) is 25.2 Å². The van der Waals surface area contributed by atoms with Crippen molar-refractivity contribution in [3.05, 3.63) is 35.9 Å². The van der Waals surface area contributed by atoms with E-state index in [9.17, 15) is 8.42 Å². The van der Waals surface area contributed by atoms with Crippen molar-refractivity contribution in [2.75, 3.05) is 46.3 Å². The highest BCUT2D eigenvalue weighted by Gasteiger charge is 2.46. The number of nitrogens with zero attached hydrogens (tertiary/aromatic N) is 3. The molecule has 2 aliphatic rings. The lowest BCUT2D eigenvalue weighted by atomic mass is 9.78. The van der Waals surface area contributed by atoms with E-state index in [0.717, 1.165) is 13.1 Å². The quantitative estimate of drug-likeness (QED) is 0.842. The Morgan fingerprint density at radius 3 is 2.22 bits per heavy atom. The largest absolute Gasteiger partial charge is 0.304 e. The summed E-state index contributed by atoms with van der Waals surface area (Å²) in [6.45, 7) is 8.29. The Bertz CT molecular complexity index is 637. The van der Waals surface area contributed by atoms with Crippen LogP contribution < -0.4 is 0 Å². The van der Waals surface area contributed by atoms with Crippen LogP contribution in [0.25, 0.3) is 0 Å². The van der Waals surface area contributed by atoms with Gasteiger partial charge in [-0.15, -0.1) is 0 Å². The van der Waals surface area contributed by atoms with Crippen LogP contribution in [-0.4, -0.2) is 68.2 Å². The van der Waals surface area contributed by atoms with Crippen molar-refractivity contribution < 1.29 is 8.42 Å². The summed E-state index contributed by atoms with van der Waals surface area (Å²) in [5.74, 6) is 0.242. The Kier molecular flexibility index (Phi) is 4.53. The lowest BCUT2D eigenvalue weighted by Gasteiger charge is -2.34. The zero-order valence-corrected chi connectivity index (χ0v) is 15.1. The van der Waals surface area contributed by atoms with Crippen LogP contribution in [0, 0.1) is 5.41 Å². The zero-order chi connectivity index (χ0) is 16.7. The van der Waals surface area contributed by atoms with Crippen molar-refractivity contribution in [3.63, 3.8) is 0 Å². The molecule has 2 saturated heterocycles. The van der Waals surface area contributed by atoms with Crippen molar-refractivity contribution in [3.8, 4) is 0 Å². The standard InChI is InChI=1S/C17H27N3O2S/c1-17(2)14-20(13-16(17)15-7-5-4-6-8-15)23(21,22)19-11-9-18(3)10-12-19/h4-8,16H,9-14H2,1-3H3. The molecule has 2 fully saturated rings. The summed E-state index contributed by atoms with van der Waals surface area (Å²) >= 11 is 0. The van der Waals surface area contributed by atoms with E-state index >= 15 is 0 Å². The van der Waals surface area contributed by atoms with Crippen molar-refractivity contribution in [1.29, 1.82) is 0 Å². The monoisotopic (exact) mass is 337 g/mol. The van der Waals surface area contributed by atoms with Crippen molar-refractivity contribution >= 4 is 10.2 Å². The molecule has 23 heavy (non-hydrogen) atoms. The first kappa shape index (κ1) is 16.9. The van der Waals surface area contributed by atoms with E-state index in [1.165, 1.54) is 5.56 Å². The van der Waals surface area contributed by atoms with E-state index < -0.39 is 10.2 Å². The normalized spacial score (nSPS) is 27.3. The van der Waals surface area contributed by atoms with E-state index in [2.05, 4.69) is 30.9 Å². The third kappa shape index (κ3) is 3.31.